The van der Waals surface area contributed by atoms with Gasteiger partial charge in [0.1, 0.15) is 5.65 Å². The van der Waals surface area contributed by atoms with Gasteiger partial charge in [-0.3, -0.25) is 5.32 Å². The summed E-state index contributed by atoms with van der Waals surface area (Å²) in [7, 11) is 1.36. The first kappa shape index (κ1) is 15.4. The van der Waals surface area contributed by atoms with E-state index >= 15 is 0 Å². The number of esters is 1. The van der Waals surface area contributed by atoms with Gasteiger partial charge in [0, 0.05) is 33.4 Å². The van der Waals surface area contributed by atoms with Crippen molar-refractivity contribution in [1.29, 1.82) is 0 Å². The number of benzene rings is 1. The zero-order chi connectivity index (χ0) is 16.9. The summed E-state index contributed by atoms with van der Waals surface area (Å²) in [6.07, 6.45) is 3.50. The molecule has 0 amide bonds. The number of nitrogens with one attached hydrogen (secondary N) is 1. The average molecular weight is 362 g/mol. The van der Waals surface area contributed by atoms with Crippen molar-refractivity contribution in [3.63, 3.8) is 0 Å². The van der Waals surface area contributed by atoms with Crippen LogP contribution in [-0.4, -0.2) is 22.6 Å². The van der Waals surface area contributed by atoms with Gasteiger partial charge in [-0.25, -0.2) is 9.78 Å². The van der Waals surface area contributed by atoms with Crippen LogP contribution in [0.3, 0.4) is 0 Å². The molecular weight excluding hydrogens is 349 g/mol. The zero-order valence-corrected chi connectivity index (χ0v) is 14.2. The Morgan fingerprint density at radius 3 is 2.71 bits per heavy atom. The number of aromatic nitrogens is 2. The number of halogens is 2. The molecule has 3 heterocycles. The van der Waals surface area contributed by atoms with Crippen molar-refractivity contribution >= 4 is 40.2 Å². The molecule has 2 aromatic heterocycles. The van der Waals surface area contributed by atoms with Crippen LogP contribution < -0.4 is 5.32 Å². The predicted octanol–water partition coefficient (Wildman–Crippen LogP) is 3.51. The second-order valence-corrected chi connectivity index (χ2v) is 6.39. The van der Waals surface area contributed by atoms with Gasteiger partial charge < -0.3 is 9.30 Å². The van der Waals surface area contributed by atoms with Crippen LogP contribution >= 0.6 is 23.2 Å². The number of nitrogens with zero attached hydrogens (tertiary/aromatic N) is 2. The normalized spacial score (nSPS) is 22.5. The first-order valence-corrected chi connectivity index (χ1v) is 8.08. The molecule has 3 aromatic rings. The number of carbonyl (C=O) groups excluding carboxylic acids is 1. The lowest BCUT2D eigenvalue weighted by atomic mass is 10.1. The van der Waals surface area contributed by atoms with Crippen molar-refractivity contribution < 1.29 is 9.53 Å². The van der Waals surface area contributed by atoms with Crippen LogP contribution in [-0.2, 0) is 15.2 Å². The van der Waals surface area contributed by atoms with Crippen molar-refractivity contribution in [3.8, 4) is 0 Å². The standard InChI is InChI=1S/C17H13Cl2N3O2/c1-24-16(23)17(22-9-7-10-4-3-8-20-15(10)22)14(21-17)13-11(18)5-2-6-12(13)19/h2-9,14,21H,1H3/t14-,17+/m0/s1. The largest absolute Gasteiger partial charge is 0.466 e. The van der Waals surface area contributed by atoms with E-state index in [2.05, 4.69) is 10.3 Å². The van der Waals surface area contributed by atoms with Gasteiger partial charge in [-0.15, -0.1) is 0 Å². The average Bonchev–Trinajstić information content (AvgIpc) is 3.16. The molecule has 0 unspecified atom stereocenters. The van der Waals surface area contributed by atoms with Gasteiger partial charge in [0.05, 0.1) is 13.2 Å². The molecule has 7 heteroatoms. The highest BCUT2D eigenvalue weighted by molar-refractivity contribution is 6.36. The Balaban J connectivity index is 1.90. The second kappa shape index (κ2) is 5.48. The van der Waals surface area contributed by atoms with E-state index in [1.54, 1.807) is 29.0 Å². The molecule has 5 nitrogen and oxygen atoms in total. The second-order valence-electron chi connectivity index (χ2n) is 5.57. The summed E-state index contributed by atoms with van der Waals surface area (Å²) in [6.45, 7) is 0. The Bertz CT molecular complexity index is 936. The van der Waals surface area contributed by atoms with Gasteiger partial charge in [0.15, 0.2) is 0 Å². The molecule has 1 aliphatic heterocycles. The van der Waals surface area contributed by atoms with Crippen LogP contribution in [0.5, 0.6) is 0 Å². The molecule has 1 N–H and O–H groups in total. The molecule has 0 aliphatic carbocycles. The van der Waals surface area contributed by atoms with Gasteiger partial charge >= 0.3 is 5.97 Å². The summed E-state index contributed by atoms with van der Waals surface area (Å²) >= 11 is 12.6. The van der Waals surface area contributed by atoms with Crippen LogP contribution in [0.1, 0.15) is 11.6 Å². The predicted molar refractivity (Wildman–Crippen MR) is 92.1 cm³/mol. The van der Waals surface area contributed by atoms with E-state index in [0.717, 1.165) is 5.39 Å². The minimum Gasteiger partial charge on any atom is -0.466 e. The van der Waals surface area contributed by atoms with E-state index < -0.39 is 17.7 Å². The maximum absolute atomic E-state index is 12.6. The first-order chi connectivity index (χ1) is 11.6. The number of ether oxygens (including phenoxy) is 1. The number of hydrogen-bond acceptors (Lipinski definition) is 4. The summed E-state index contributed by atoms with van der Waals surface area (Å²) in [5.74, 6) is -0.424. The zero-order valence-electron chi connectivity index (χ0n) is 12.7. The number of pyridine rings is 1. The molecule has 2 atom stereocenters. The molecular formula is C17H13Cl2N3O2. The SMILES string of the molecule is COC(=O)[C@@]1(n2ccc3cccnc32)N[C@H]1c1c(Cl)cccc1Cl. The molecule has 0 spiro atoms. The molecule has 1 aromatic carbocycles. The molecule has 122 valence electrons. The topological polar surface area (TPSA) is 66.1 Å². The molecule has 1 aliphatic rings. The first-order valence-electron chi connectivity index (χ1n) is 7.32. The Kier molecular flexibility index (Phi) is 3.53. The van der Waals surface area contributed by atoms with Gasteiger partial charge in [-0.1, -0.05) is 29.3 Å². The van der Waals surface area contributed by atoms with Crippen LogP contribution in [0.15, 0.2) is 48.8 Å². The van der Waals surface area contributed by atoms with Crippen molar-refractivity contribution in [2.45, 2.75) is 11.7 Å². The van der Waals surface area contributed by atoms with Crippen LogP contribution in [0.4, 0.5) is 0 Å². The lowest BCUT2D eigenvalue weighted by molar-refractivity contribution is -0.146. The van der Waals surface area contributed by atoms with Crippen molar-refractivity contribution in [2.75, 3.05) is 7.11 Å². The molecule has 0 bridgehead atoms. The monoisotopic (exact) mass is 361 g/mol. The number of carbonyl (C=O) groups is 1. The number of fused-ring (bicyclic) bond motifs is 1. The van der Waals surface area contributed by atoms with E-state index in [-0.39, 0.29) is 0 Å². The Morgan fingerprint density at radius 1 is 1.25 bits per heavy atom. The molecule has 4 rings (SSSR count). The highest BCUT2D eigenvalue weighted by Gasteiger charge is 2.65. The number of rotatable bonds is 3. The minimum absolute atomic E-state index is 0.399. The Labute approximate surface area is 148 Å². The van der Waals surface area contributed by atoms with Crippen LogP contribution in [0.25, 0.3) is 11.0 Å². The Morgan fingerprint density at radius 2 is 2.00 bits per heavy atom. The third kappa shape index (κ3) is 2.05. The molecule has 0 saturated carbocycles. The highest BCUT2D eigenvalue weighted by Crippen LogP contribution is 2.51. The fourth-order valence-electron chi connectivity index (χ4n) is 3.14. The Hall–Kier alpha value is -2.08. The fourth-order valence-corrected chi connectivity index (χ4v) is 3.75. The lowest BCUT2D eigenvalue weighted by Crippen LogP contribution is -2.33. The van der Waals surface area contributed by atoms with Crippen LogP contribution in [0.2, 0.25) is 10.0 Å². The summed E-state index contributed by atoms with van der Waals surface area (Å²) in [6, 6.07) is 10.5. The lowest BCUT2D eigenvalue weighted by Gasteiger charge is -2.17. The molecule has 1 fully saturated rings. The third-order valence-corrected chi connectivity index (χ3v) is 4.97. The minimum atomic E-state index is -1.11. The smallest absolute Gasteiger partial charge is 0.349 e. The summed E-state index contributed by atoms with van der Waals surface area (Å²) < 4.78 is 6.82. The maximum Gasteiger partial charge on any atom is 0.349 e. The van der Waals surface area contributed by atoms with Crippen LogP contribution in [0, 0.1) is 0 Å². The van der Waals surface area contributed by atoms with Crippen molar-refractivity contribution in [3.05, 3.63) is 64.4 Å². The van der Waals surface area contributed by atoms with Crippen molar-refractivity contribution in [1.82, 2.24) is 14.9 Å². The van der Waals surface area contributed by atoms with E-state index in [1.165, 1.54) is 7.11 Å². The fraction of sp³-hybridized carbons (Fsp3) is 0.176. The van der Waals surface area contributed by atoms with E-state index in [0.29, 0.717) is 21.3 Å². The number of hydrogen-bond donors (Lipinski definition) is 1. The van der Waals surface area contributed by atoms with E-state index in [4.69, 9.17) is 27.9 Å². The summed E-state index contributed by atoms with van der Waals surface area (Å²) in [5.41, 5.74) is 0.240. The summed E-state index contributed by atoms with van der Waals surface area (Å²) in [4.78, 5) is 17.0. The highest BCUT2D eigenvalue weighted by atomic mass is 35.5. The van der Waals surface area contributed by atoms with Gasteiger partial charge in [0.25, 0.3) is 0 Å². The molecule has 1 saturated heterocycles. The van der Waals surface area contributed by atoms with Gasteiger partial charge in [0.2, 0.25) is 5.66 Å². The van der Waals surface area contributed by atoms with Gasteiger partial charge in [-0.05, 0) is 30.3 Å². The molecule has 0 radical (unpaired) electrons. The summed E-state index contributed by atoms with van der Waals surface area (Å²) in [5, 5.41) is 5.13. The van der Waals surface area contributed by atoms with E-state index in [1.807, 2.05) is 24.4 Å². The third-order valence-electron chi connectivity index (χ3n) is 4.31. The van der Waals surface area contributed by atoms with E-state index in [9.17, 15) is 4.79 Å². The quantitative estimate of drug-likeness (QED) is 0.572. The maximum atomic E-state index is 12.6. The van der Waals surface area contributed by atoms with Gasteiger partial charge in [-0.2, -0.15) is 0 Å². The van der Waals surface area contributed by atoms with Crippen molar-refractivity contribution in [2.24, 2.45) is 0 Å². The number of methoxy groups -OCH3 is 1. The molecule has 24 heavy (non-hydrogen) atoms.